The zero-order valence-electron chi connectivity index (χ0n) is 18.8. The zero-order chi connectivity index (χ0) is 23.4. The molecular formula is C27H27N3O3. The zero-order valence-corrected chi connectivity index (χ0v) is 18.8. The minimum absolute atomic E-state index is 0.0466. The summed E-state index contributed by atoms with van der Waals surface area (Å²) < 4.78 is 0. The lowest BCUT2D eigenvalue weighted by atomic mass is 10.0. The molecule has 0 saturated heterocycles. The van der Waals surface area contributed by atoms with Crippen LogP contribution in [0.1, 0.15) is 37.9 Å². The molecule has 1 aliphatic heterocycles. The molecule has 0 spiro atoms. The van der Waals surface area contributed by atoms with E-state index in [-0.39, 0.29) is 18.4 Å². The molecule has 0 bridgehead atoms. The Kier molecular flexibility index (Phi) is 6.66. The van der Waals surface area contributed by atoms with Crippen LogP contribution >= 0.6 is 0 Å². The molecule has 3 aromatic carbocycles. The van der Waals surface area contributed by atoms with Gasteiger partial charge in [-0.25, -0.2) is 0 Å². The van der Waals surface area contributed by atoms with E-state index in [1.807, 2.05) is 79.7 Å². The summed E-state index contributed by atoms with van der Waals surface area (Å²) in [5.41, 5.74) is 2.62. The van der Waals surface area contributed by atoms with E-state index in [1.165, 1.54) is 0 Å². The number of hydrogen-bond donors (Lipinski definition) is 1. The Morgan fingerprint density at radius 1 is 0.818 bits per heavy atom. The van der Waals surface area contributed by atoms with Crippen molar-refractivity contribution in [3.63, 3.8) is 0 Å². The van der Waals surface area contributed by atoms with Crippen molar-refractivity contribution in [3.05, 3.63) is 107 Å². The predicted molar refractivity (Wildman–Crippen MR) is 127 cm³/mol. The third kappa shape index (κ3) is 4.71. The second-order valence-corrected chi connectivity index (χ2v) is 8.37. The minimum atomic E-state index is -0.946. The molecular weight excluding hydrogens is 414 g/mol. The first kappa shape index (κ1) is 22.4. The van der Waals surface area contributed by atoms with Gasteiger partial charge in [0.2, 0.25) is 5.91 Å². The Hall–Kier alpha value is -3.77. The van der Waals surface area contributed by atoms with Gasteiger partial charge in [0.25, 0.3) is 11.8 Å². The molecule has 3 amide bonds. The highest BCUT2D eigenvalue weighted by Crippen LogP contribution is 2.26. The van der Waals surface area contributed by atoms with Gasteiger partial charge in [-0.2, -0.15) is 0 Å². The maximum Gasteiger partial charge on any atom is 0.262 e. The Balaban J connectivity index is 1.59. The van der Waals surface area contributed by atoms with Crippen molar-refractivity contribution in [2.45, 2.75) is 18.5 Å². The first-order valence-corrected chi connectivity index (χ1v) is 11.0. The number of amides is 3. The van der Waals surface area contributed by atoms with Crippen molar-refractivity contribution < 1.29 is 14.4 Å². The fourth-order valence-electron chi connectivity index (χ4n) is 4.22. The van der Waals surface area contributed by atoms with Gasteiger partial charge < -0.3 is 10.2 Å². The molecule has 33 heavy (non-hydrogen) atoms. The van der Waals surface area contributed by atoms with Gasteiger partial charge in [-0.15, -0.1) is 0 Å². The highest BCUT2D eigenvalue weighted by molar-refractivity contribution is 6.22. The van der Waals surface area contributed by atoms with E-state index in [2.05, 4.69) is 5.32 Å². The number of rotatable bonds is 8. The van der Waals surface area contributed by atoms with E-state index in [9.17, 15) is 14.4 Å². The van der Waals surface area contributed by atoms with Crippen molar-refractivity contribution in [2.24, 2.45) is 0 Å². The van der Waals surface area contributed by atoms with Crippen LogP contribution in [0.4, 0.5) is 0 Å². The second kappa shape index (κ2) is 9.79. The van der Waals surface area contributed by atoms with E-state index in [4.69, 9.17) is 0 Å². The molecule has 0 aliphatic carbocycles. The van der Waals surface area contributed by atoms with E-state index >= 15 is 0 Å². The van der Waals surface area contributed by atoms with Gasteiger partial charge in [0.05, 0.1) is 17.2 Å². The van der Waals surface area contributed by atoms with E-state index in [1.54, 1.807) is 24.3 Å². The van der Waals surface area contributed by atoms with Gasteiger partial charge in [-0.05, 0) is 37.4 Å². The van der Waals surface area contributed by atoms with Crippen LogP contribution in [0.15, 0.2) is 84.9 Å². The van der Waals surface area contributed by atoms with Crippen LogP contribution in [0.5, 0.6) is 0 Å². The number of fused-ring (bicyclic) bond motifs is 1. The maximum atomic E-state index is 13.5. The number of nitrogens with zero attached hydrogens (tertiary/aromatic N) is 2. The van der Waals surface area contributed by atoms with Crippen molar-refractivity contribution in [2.75, 3.05) is 20.6 Å². The first-order chi connectivity index (χ1) is 16.0. The summed E-state index contributed by atoms with van der Waals surface area (Å²) in [5.74, 6) is -1.21. The van der Waals surface area contributed by atoms with Crippen LogP contribution < -0.4 is 5.32 Å². The fourth-order valence-corrected chi connectivity index (χ4v) is 4.22. The topological polar surface area (TPSA) is 69.7 Å². The number of hydrogen-bond acceptors (Lipinski definition) is 4. The lowest BCUT2D eigenvalue weighted by Crippen LogP contribution is -2.51. The number of carbonyl (C=O) groups excluding carboxylic acids is 3. The molecule has 1 heterocycles. The van der Waals surface area contributed by atoms with Crippen molar-refractivity contribution in [1.29, 1.82) is 0 Å². The van der Waals surface area contributed by atoms with E-state index in [0.717, 1.165) is 16.0 Å². The van der Waals surface area contributed by atoms with Crippen molar-refractivity contribution in [1.82, 2.24) is 15.1 Å². The van der Waals surface area contributed by atoms with Crippen LogP contribution in [0, 0.1) is 0 Å². The number of benzene rings is 3. The fraction of sp³-hybridized carbons (Fsp3) is 0.222. The Morgan fingerprint density at radius 3 is 1.88 bits per heavy atom. The summed E-state index contributed by atoms with van der Waals surface area (Å²) in [6.07, 6.45) is 0.246. The van der Waals surface area contributed by atoms with Gasteiger partial charge in [-0.1, -0.05) is 72.8 Å². The first-order valence-electron chi connectivity index (χ1n) is 11.0. The van der Waals surface area contributed by atoms with Crippen molar-refractivity contribution in [3.8, 4) is 0 Å². The molecule has 1 aliphatic rings. The predicted octanol–water partition coefficient (Wildman–Crippen LogP) is 3.31. The monoisotopic (exact) mass is 441 g/mol. The Labute approximate surface area is 193 Å². The van der Waals surface area contributed by atoms with Gasteiger partial charge in [0, 0.05) is 13.0 Å². The molecule has 4 rings (SSSR count). The minimum Gasteiger partial charge on any atom is -0.352 e. The summed E-state index contributed by atoms with van der Waals surface area (Å²) in [7, 11) is 3.91. The van der Waals surface area contributed by atoms with Crippen LogP contribution in [0.25, 0.3) is 0 Å². The molecule has 1 N–H and O–H groups in total. The van der Waals surface area contributed by atoms with Gasteiger partial charge in [0.1, 0.15) is 6.04 Å². The summed E-state index contributed by atoms with van der Waals surface area (Å²) in [6, 6.07) is 25.1. The van der Waals surface area contributed by atoms with Gasteiger partial charge >= 0.3 is 0 Å². The molecule has 0 saturated carbocycles. The highest BCUT2D eigenvalue weighted by Gasteiger charge is 2.42. The van der Waals surface area contributed by atoms with Gasteiger partial charge in [0.15, 0.2) is 0 Å². The lowest BCUT2D eigenvalue weighted by Gasteiger charge is -2.29. The van der Waals surface area contributed by atoms with E-state index < -0.39 is 17.9 Å². The van der Waals surface area contributed by atoms with Crippen LogP contribution in [-0.2, 0) is 11.2 Å². The molecule has 6 nitrogen and oxygen atoms in total. The molecule has 3 aromatic rings. The van der Waals surface area contributed by atoms with Gasteiger partial charge in [-0.3, -0.25) is 19.3 Å². The SMILES string of the molecule is CN(C)[C@@H](CNC(=O)[C@@H](Cc1ccccc1)N1C(=O)c2ccccc2C1=O)c1ccccc1. The Bertz CT molecular complexity index is 1110. The third-order valence-corrected chi connectivity index (χ3v) is 5.99. The van der Waals surface area contributed by atoms with Crippen LogP contribution in [0.2, 0.25) is 0 Å². The summed E-state index contributed by atoms with van der Waals surface area (Å²) in [5, 5.41) is 3.00. The molecule has 168 valence electrons. The Morgan fingerprint density at radius 2 is 1.33 bits per heavy atom. The second-order valence-electron chi connectivity index (χ2n) is 8.37. The number of imide groups is 1. The normalized spacial score (nSPS) is 14.8. The van der Waals surface area contributed by atoms with Crippen LogP contribution in [0.3, 0.4) is 0 Å². The highest BCUT2D eigenvalue weighted by atomic mass is 16.2. The molecule has 6 heteroatoms. The maximum absolute atomic E-state index is 13.5. The summed E-state index contributed by atoms with van der Waals surface area (Å²) >= 11 is 0. The van der Waals surface area contributed by atoms with Crippen molar-refractivity contribution >= 4 is 17.7 Å². The largest absolute Gasteiger partial charge is 0.352 e. The summed E-state index contributed by atoms with van der Waals surface area (Å²) in [6.45, 7) is 0.351. The smallest absolute Gasteiger partial charge is 0.262 e. The van der Waals surface area contributed by atoms with E-state index in [0.29, 0.717) is 17.7 Å². The van der Waals surface area contributed by atoms with Crippen LogP contribution in [-0.4, -0.2) is 54.2 Å². The molecule has 2 atom stereocenters. The summed E-state index contributed by atoms with van der Waals surface area (Å²) in [4.78, 5) is 42.9. The standard InChI is InChI=1S/C27H27N3O3/c1-29(2)24(20-13-7-4-8-14-20)18-28-25(31)23(17-19-11-5-3-6-12-19)30-26(32)21-15-9-10-16-22(21)27(30)33/h3-16,23-24H,17-18H2,1-2H3,(H,28,31)/t23-,24+/m1/s1. The molecule has 0 fully saturated rings. The quantitative estimate of drug-likeness (QED) is 0.545. The number of likely N-dealkylation sites (N-methyl/N-ethyl adjacent to an activating group) is 1. The number of nitrogens with one attached hydrogen (secondary N) is 1. The average molecular weight is 442 g/mol. The average Bonchev–Trinajstić information content (AvgIpc) is 3.09. The molecule has 0 unspecified atom stereocenters. The number of carbonyl (C=O) groups is 3. The lowest BCUT2D eigenvalue weighted by molar-refractivity contribution is -0.125. The third-order valence-electron chi connectivity index (χ3n) is 5.99. The molecule has 0 aromatic heterocycles. The molecule has 0 radical (unpaired) electrons.